The maximum Gasteiger partial charge on any atom is 0.254 e. The number of carbonyl (C=O) groups is 1. The highest BCUT2D eigenvalue weighted by atomic mass is 79.9. The number of carbonyl (C=O) groups excluding carboxylic acids is 1. The number of nitrogens with zero attached hydrogens (tertiary/aromatic N) is 1. The van der Waals surface area contributed by atoms with Crippen molar-refractivity contribution in [3.63, 3.8) is 0 Å². The standard InChI is InChI=1S/C16H9BrCl2N2O2/c17-9-2-1-3-11(6-9)21-16-12(15(20)22)5-8-4-10(18)7-13(19)14(8)23-16/h1-7H,(H2,20,22). The van der Waals surface area contributed by atoms with E-state index in [1.54, 1.807) is 30.3 Å². The molecule has 0 aliphatic rings. The predicted octanol–water partition coefficient (Wildman–Crippen LogP) is 4.83. The first-order chi connectivity index (χ1) is 10.9. The van der Waals surface area contributed by atoms with Gasteiger partial charge >= 0.3 is 0 Å². The molecule has 0 saturated heterocycles. The van der Waals surface area contributed by atoms with E-state index < -0.39 is 5.91 Å². The van der Waals surface area contributed by atoms with Crippen LogP contribution in [-0.4, -0.2) is 5.91 Å². The zero-order chi connectivity index (χ0) is 16.6. The quantitative estimate of drug-likeness (QED) is 0.655. The first-order valence-corrected chi connectivity index (χ1v) is 8.02. The average Bonchev–Trinajstić information content (AvgIpc) is 2.47. The van der Waals surface area contributed by atoms with Gasteiger partial charge in [-0.3, -0.25) is 4.79 Å². The fraction of sp³-hybridized carbons (Fsp3) is 0. The van der Waals surface area contributed by atoms with Crippen LogP contribution in [0.2, 0.25) is 10.0 Å². The molecule has 0 spiro atoms. The Morgan fingerprint density at radius 1 is 1.17 bits per heavy atom. The molecule has 0 saturated carbocycles. The van der Waals surface area contributed by atoms with E-state index in [0.29, 0.717) is 26.7 Å². The molecule has 1 heterocycles. The van der Waals surface area contributed by atoms with E-state index in [2.05, 4.69) is 20.9 Å². The second kappa shape index (κ2) is 6.35. The molecule has 4 nitrogen and oxygen atoms in total. The van der Waals surface area contributed by atoms with Gasteiger partial charge in [0, 0.05) is 14.9 Å². The Kier molecular flexibility index (Phi) is 4.43. The van der Waals surface area contributed by atoms with Crippen LogP contribution in [0.3, 0.4) is 0 Å². The summed E-state index contributed by atoms with van der Waals surface area (Å²) in [6.07, 6.45) is 0. The van der Waals surface area contributed by atoms with Gasteiger partial charge in [0.1, 0.15) is 5.56 Å². The molecule has 2 aromatic carbocycles. The van der Waals surface area contributed by atoms with Crippen LogP contribution in [0.15, 0.2) is 56.3 Å². The van der Waals surface area contributed by atoms with Gasteiger partial charge in [-0.1, -0.05) is 45.2 Å². The Morgan fingerprint density at radius 3 is 2.65 bits per heavy atom. The number of halogens is 3. The number of hydrogen-bond acceptors (Lipinski definition) is 3. The lowest BCUT2D eigenvalue weighted by atomic mass is 10.2. The maximum atomic E-state index is 11.7. The summed E-state index contributed by atoms with van der Waals surface area (Å²) in [5.74, 6) is -0.652. The van der Waals surface area contributed by atoms with Crippen molar-refractivity contribution in [1.29, 1.82) is 0 Å². The van der Waals surface area contributed by atoms with E-state index in [-0.39, 0.29) is 11.1 Å². The van der Waals surface area contributed by atoms with Gasteiger partial charge in [-0.05, 0) is 36.4 Å². The topological polar surface area (TPSA) is 68.6 Å². The number of primary amides is 1. The number of hydrogen-bond donors (Lipinski definition) is 1. The Bertz CT molecular complexity index is 999. The largest absolute Gasteiger partial charge is 0.436 e. The lowest BCUT2D eigenvalue weighted by Gasteiger charge is -2.04. The third kappa shape index (κ3) is 3.42. The van der Waals surface area contributed by atoms with Crippen molar-refractivity contribution in [1.82, 2.24) is 0 Å². The van der Waals surface area contributed by atoms with Crippen molar-refractivity contribution in [3.05, 3.63) is 68.1 Å². The molecule has 0 bridgehead atoms. The van der Waals surface area contributed by atoms with Gasteiger partial charge in [-0.25, -0.2) is 4.99 Å². The van der Waals surface area contributed by atoms with Gasteiger partial charge in [0.2, 0.25) is 5.55 Å². The molecule has 0 unspecified atom stereocenters. The van der Waals surface area contributed by atoms with Crippen LogP contribution in [0.4, 0.5) is 5.69 Å². The van der Waals surface area contributed by atoms with E-state index >= 15 is 0 Å². The molecule has 1 aromatic heterocycles. The third-order valence-corrected chi connectivity index (χ3v) is 4.06. The number of rotatable bonds is 2. The minimum atomic E-state index is -0.652. The first kappa shape index (κ1) is 16.1. The smallest absolute Gasteiger partial charge is 0.254 e. The second-order valence-electron chi connectivity index (χ2n) is 4.73. The Labute approximate surface area is 149 Å². The van der Waals surface area contributed by atoms with Crippen LogP contribution in [0.5, 0.6) is 0 Å². The second-order valence-corrected chi connectivity index (χ2v) is 6.49. The Hall–Kier alpha value is -1.82. The van der Waals surface area contributed by atoms with Crippen LogP contribution in [0.1, 0.15) is 10.4 Å². The molecule has 7 heteroatoms. The SMILES string of the molecule is NC(=O)c1cc2cc(Cl)cc(Cl)c2oc1=Nc1cccc(Br)c1. The Balaban J connectivity index is 2.34. The highest BCUT2D eigenvalue weighted by molar-refractivity contribution is 9.10. The van der Waals surface area contributed by atoms with E-state index in [0.717, 1.165) is 4.47 Å². The molecule has 0 atom stereocenters. The summed E-state index contributed by atoms with van der Waals surface area (Å²) in [7, 11) is 0. The van der Waals surface area contributed by atoms with Crippen molar-refractivity contribution in [3.8, 4) is 0 Å². The van der Waals surface area contributed by atoms with Crippen LogP contribution in [0, 0.1) is 0 Å². The van der Waals surface area contributed by atoms with E-state index in [1.807, 2.05) is 12.1 Å². The van der Waals surface area contributed by atoms with Crippen LogP contribution < -0.4 is 11.3 Å². The first-order valence-electron chi connectivity index (χ1n) is 6.47. The Morgan fingerprint density at radius 2 is 1.96 bits per heavy atom. The molecule has 3 aromatic rings. The van der Waals surface area contributed by atoms with Gasteiger partial charge in [0.15, 0.2) is 5.58 Å². The van der Waals surface area contributed by atoms with E-state index in [1.165, 1.54) is 0 Å². The van der Waals surface area contributed by atoms with Gasteiger partial charge in [-0.15, -0.1) is 0 Å². The van der Waals surface area contributed by atoms with Crippen LogP contribution in [-0.2, 0) is 0 Å². The summed E-state index contributed by atoms with van der Waals surface area (Å²) in [6.45, 7) is 0. The molecule has 116 valence electrons. The van der Waals surface area contributed by atoms with E-state index in [9.17, 15) is 4.79 Å². The molecule has 23 heavy (non-hydrogen) atoms. The molecular weight excluding hydrogens is 403 g/mol. The minimum Gasteiger partial charge on any atom is -0.436 e. The molecular formula is C16H9BrCl2N2O2. The summed E-state index contributed by atoms with van der Waals surface area (Å²) < 4.78 is 6.56. The molecule has 0 aliphatic carbocycles. The molecule has 0 fully saturated rings. The summed E-state index contributed by atoms with van der Waals surface area (Å²) >= 11 is 15.5. The maximum absolute atomic E-state index is 11.7. The lowest BCUT2D eigenvalue weighted by Crippen LogP contribution is -2.21. The highest BCUT2D eigenvalue weighted by Crippen LogP contribution is 2.27. The van der Waals surface area contributed by atoms with Gasteiger partial charge < -0.3 is 10.2 Å². The van der Waals surface area contributed by atoms with Crippen molar-refractivity contribution < 1.29 is 9.21 Å². The highest BCUT2D eigenvalue weighted by Gasteiger charge is 2.12. The minimum absolute atomic E-state index is 0.0901. The van der Waals surface area contributed by atoms with Crippen molar-refractivity contribution >= 4 is 61.7 Å². The predicted molar refractivity (Wildman–Crippen MR) is 94.1 cm³/mol. The number of nitrogens with two attached hydrogens (primary N) is 1. The summed E-state index contributed by atoms with van der Waals surface area (Å²) in [5.41, 5.74) is 6.66. The molecule has 1 amide bonds. The number of fused-ring (bicyclic) bond motifs is 1. The molecule has 2 N–H and O–H groups in total. The van der Waals surface area contributed by atoms with Gasteiger partial charge in [0.05, 0.1) is 10.7 Å². The normalized spacial score (nSPS) is 11.9. The summed E-state index contributed by atoms with van der Waals surface area (Å²) in [4.78, 5) is 16.1. The van der Waals surface area contributed by atoms with Gasteiger partial charge in [0.25, 0.3) is 5.91 Å². The fourth-order valence-corrected chi connectivity index (χ4v) is 3.02. The number of amides is 1. The van der Waals surface area contributed by atoms with Crippen LogP contribution in [0.25, 0.3) is 11.0 Å². The van der Waals surface area contributed by atoms with Gasteiger partial charge in [-0.2, -0.15) is 0 Å². The lowest BCUT2D eigenvalue weighted by molar-refractivity contribution is 0.0996. The molecule has 3 rings (SSSR count). The summed E-state index contributed by atoms with van der Waals surface area (Å²) in [5, 5.41) is 1.34. The third-order valence-electron chi connectivity index (χ3n) is 3.07. The van der Waals surface area contributed by atoms with Crippen molar-refractivity contribution in [2.24, 2.45) is 10.7 Å². The average molecular weight is 412 g/mol. The summed E-state index contributed by atoms with van der Waals surface area (Å²) in [6, 6.07) is 12.0. The van der Waals surface area contributed by atoms with E-state index in [4.69, 9.17) is 33.4 Å². The van der Waals surface area contributed by atoms with Crippen LogP contribution >= 0.6 is 39.1 Å². The number of benzene rings is 2. The monoisotopic (exact) mass is 410 g/mol. The zero-order valence-electron chi connectivity index (χ0n) is 11.5. The van der Waals surface area contributed by atoms with Crippen molar-refractivity contribution in [2.75, 3.05) is 0 Å². The van der Waals surface area contributed by atoms with Crippen molar-refractivity contribution in [2.45, 2.75) is 0 Å². The molecule has 0 aliphatic heterocycles. The fourth-order valence-electron chi connectivity index (χ4n) is 2.09. The zero-order valence-corrected chi connectivity index (χ0v) is 14.6. The molecule has 0 radical (unpaired) electrons.